The van der Waals surface area contributed by atoms with Crippen molar-refractivity contribution >= 4 is 0 Å². The van der Waals surface area contributed by atoms with E-state index in [2.05, 4.69) is 6.92 Å². The third-order valence-electron chi connectivity index (χ3n) is 6.47. The van der Waals surface area contributed by atoms with Gasteiger partial charge in [-0.2, -0.15) is 0 Å². The Kier molecular flexibility index (Phi) is 9.88. The normalized spacial score (nSPS) is 21.6. The third kappa shape index (κ3) is 7.12. The van der Waals surface area contributed by atoms with Crippen molar-refractivity contribution in [2.24, 2.45) is 5.92 Å². The van der Waals surface area contributed by atoms with Gasteiger partial charge in [0.05, 0.1) is 0 Å². The molecular formula is C25H39F3. The molecule has 0 N–H and O–H groups in total. The summed E-state index contributed by atoms with van der Waals surface area (Å²) < 4.78 is 41.8. The summed E-state index contributed by atoms with van der Waals surface area (Å²) in [5.41, 5.74) is 1.30. The van der Waals surface area contributed by atoms with Crippen LogP contribution in [-0.2, 0) is 0 Å². The molecule has 0 nitrogen and oxygen atoms in total. The highest BCUT2D eigenvalue weighted by Gasteiger charge is 2.40. The summed E-state index contributed by atoms with van der Waals surface area (Å²) in [6.45, 7) is 3.91. The zero-order chi connectivity index (χ0) is 20.4. The van der Waals surface area contributed by atoms with Crippen LogP contribution in [0.15, 0.2) is 24.3 Å². The number of rotatable bonds is 12. The minimum absolute atomic E-state index is 0.110. The van der Waals surface area contributed by atoms with Gasteiger partial charge in [0, 0.05) is 6.42 Å². The topological polar surface area (TPSA) is 0 Å². The van der Waals surface area contributed by atoms with Crippen molar-refractivity contribution in [1.29, 1.82) is 0 Å². The van der Waals surface area contributed by atoms with Crippen LogP contribution in [0.2, 0.25) is 0 Å². The first-order valence-corrected chi connectivity index (χ1v) is 11.6. The fourth-order valence-electron chi connectivity index (χ4n) is 4.64. The number of alkyl halides is 3. The van der Waals surface area contributed by atoms with Crippen molar-refractivity contribution in [3.63, 3.8) is 0 Å². The van der Waals surface area contributed by atoms with Crippen LogP contribution >= 0.6 is 0 Å². The second-order valence-corrected chi connectivity index (χ2v) is 8.81. The zero-order valence-electron chi connectivity index (χ0n) is 17.9. The van der Waals surface area contributed by atoms with Gasteiger partial charge >= 0.3 is 0 Å². The Labute approximate surface area is 170 Å². The Balaban J connectivity index is 1.75. The lowest BCUT2D eigenvalue weighted by molar-refractivity contribution is -0.0807. The van der Waals surface area contributed by atoms with Gasteiger partial charge in [-0.25, -0.2) is 13.2 Å². The van der Waals surface area contributed by atoms with Crippen molar-refractivity contribution in [3.8, 4) is 0 Å². The van der Waals surface area contributed by atoms with E-state index in [1.807, 2.05) is 12.1 Å². The van der Waals surface area contributed by atoms with Gasteiger partial charge in [0.2, 0.25) is 0 Å². The molecule has 160 valence electrons. The van der Waals surface area contributed by atoms with E-state index in [4.69, 9.17) is 0 Å². The molecule has 0 aromatic heterocycles. The number of halogens is 3. The maximum absolute atomic E-state index is 14.2. The average Bonchev–Trinajstić information content (AvgIpc) is 2.70. The Bertz CT molecular complexity index is 529. The molecule has 0 heterocycles. The number of unbranched alkanes of at least 4 members (excludes halogenated alkanes) is 5. The SMILES string of the molecule is CCCCCCCCC1CCC(c2ccc(C(F)C(F)(F)CCC)cc2)CC1. The minimum Gasteiger partial charge on any atom is -0.236 e. The van der Waals surface area contributed by atoms with Crippen molar-refractivity contribution < 1.29 is 13.2 Å². The predicted octanol–water partition coefficient (Wildman–Crippen LogP) is 9.16. The average molecular weight is 397 g/mol. The molecule has 3 heteroatoms. The van der Waals surface area contributed by atoms with Gasteiger partial charge in [0.1, 0.15) is 0 Å². The largest absolute Gasteiger partial charge is 0.282 e. The predicted molar refractivity (Wildman–Crippen MR) is 113 cm³/mol. The van der Waals surface area contributed by atoms with Crippen LogP contribution in [0.5, 0.6) is 0 Å². The van der Waals surface area contributed by atoms with Crippen molar-refractivity contribution in [1.82, 2.24) is 0 Å². The molecule has 0 saturated heterocycles. The summed E-state index contributed by atoms with van der Waals surface area (Å²) in [5, 5.41) is 0. The van der Waals surface area contributed by atoms with Gasteiger partial charge in [-0.05, 0) is 48.6 Å². The summed E-state index contributed by atoms with van der Waals surface area (Å²) in [6, 6.07) is 6.91. The van der Waals surface area contributed by atoms with Crippen LogP contribution in [0.4, 0.5) is 13.2 Å². The Morgan fingerprint density at radius 3 is 2.07 bits per heavy atom. The van der Waals surface area contributed by atoms with Crippen LogP contribution in [-0.4, -0.2) is 5.92 Å². The molecule has 1 aromatic carbocycles. The molecule has 0 amide bonds. The van der Waals surface area contributed by atoms with E-state index >= 15 is 0 Å². The van der Waals surface area contributed by atoms with E-state index in [0.717, 1.165) is 5.92 Å². The lowest BCUT2D eigenvalue weighted by Crippen LogP contribution is -2.23. The van der Waals surface area contributed by atoms with E-state index in [-0.39, 0.29) is 12.0 Å². The van der Waals surface area contributed by atoms with Crippen LogP contribution in [0.3, 0.4) is 0 Å². The van der Waals surface area contributed by atoms with E-state index in [9.17, 15) is 13.2 Å². The molecule has 1 saturated carbocycles. The number of hydrogen-bond acceptors (Lipinski definition) is 0. The highest BCUT2D eigenvalue weighted by Crippen LogP contribution is 2.41. The van der Waals surface area contributed by atoms with Gasteiger partial charge in [0.15, 0.2) is 6.17 Å². The molecule has 1 aromatic rings. The molecule has 1 fully saturated rings. The van der Waals surface area contributed by atoms with Crippen LogP contribution in [0, 0.1) is 5.92 Å². The smallest absolute Gasteiger partial charge is 0.236 e. The molecule has 2 rings (SSSR count). The monoisotopic (exact) mass is 396 g/mol. The van der Waals surface area contributed by atoms with E-state index < -0.39 is 18.5 Å². The first-order valence-electron chi connectivity index (χ1n) is 11.6. The molecule has 0 bridgehead atoms. The van der Waals surface area contributed by atoms with Crippen molar-refractivity contribution in [2.75, 3.05) is 0 Å². The van der Waals surface area contributed by atoms with Crippen LogP contribution in [0.1, 0.15) is 121 Å². The standard InChI is InChI=1S/C25H39F3/c1-3-5-6-7-8-9-10-20-11-13-21(14-12-20)22-15-17-23(18-16-22)24(26)25(27,28)19-4-2/h15-18,20-21,24H,3-14,19H2,1-2H3. The highest BCUT2D eigenvalue weighted by atomic mass is 19.3. The minimum atomic E-state index is -3.27. The van der Waals surface area contributed by atoms with E-state index in [1.165, 1.54) is 76.2 Å². The molecule has 0 spiro atoms. The highest BCUT2D eigenvalue weighted by molar-refractivity contribution is 5.28. The maximum Gasteiger partial charge on any atom is 0.282 e. The third-order valence-corrected chi connectivity index (χ3v) is 6.47. The molecule has 1 aliphatic rings. The quantitative estimate of drug-likeness (QED) is 0.309. The van der Waals surface area contributed by atoms with Gasteiger partial charge in [-0.15, -0.1) is 0 Å². The van der Waals surface area contributed by atoms with Gasteiger partial charge in [0.25, 0.3) is 5.92 Å². The summed E-state index contributed by atoms with van der Waals surface area (Å²) in [4.78, 5) is 0. The fraction of sp³-hybridized carbons (Fsp3) is 0.760. The zero-order valence-corrected chi connectivity index (χ0v) is 17.9. The Morgan fingerprint density at radius 2 is 1.46 bits per heavy atom. The molecule has 1 aliphatic carbocycles. The Hall–Kier alpha value is -0.990. The number of hydrogen-bond donors (Lipinski definition) is 0. The van der Waals surface area contributed by atoms with Crippen LogP contribution < -0.4 is 0 Å². The Morgan fingerprint density at radius 1 is 0.857 bits per heavy atom. The second kappa shape index (κ2) is 11.9. The summed E-state index contributed by atoms with van der Waals surface area (Å²) in [6.07, 6.45) is 12.1. The van der Waals surface area contributed by atoms with Gasteiger partial charge < -0.3 is 0 Å². The van der Waals surface area contributed by atoms with Crippen LogP contribution in [0.25, 0.3) is 0 Å². The fourth-order valence-corrected chi connectivity index (χ4v) is 4.64. The van der Waals surface area contributed by atoms with Gasteiger partial charge in [-0.1, -0.05) is 89.5 Å². The lowest BCUT2D eigenvalue weighted by atomic mass is 9.77. The maximum atomic E-state index is 14.2. The molecule has 1 unspecified atom stereocenters. The van der Waals surface area contributed by atoms with Gasteiger partial charge in [-0.3, -0.25) is 0 Å². The summed E-state index contributed by atoms with van der Waals surface area (Å²) >= 11 is 0. The van der Waals surface area contributed by atoms with Crippen molar-refractivity contribution in [2.45, 2.75) is 115 Å². The molecular weight excluding hydrogens is 357 g/mol. The molecule has 0 radical (unpaired) electrons. The molecule has 28 heavy (non-hydrogen) atoms. The number of benzene rings is 1. The summed E-state index contributed by atoms with van der Waals surface area (Å²) in [7, 11) is 0. The lowest BCUT2D eigenvalue weighted by Gasteiger charge is -2.29. The molecule has 0 aliphatic heterocycles. The van der Waals surface area contributed by atoms with E-state index in [0.29, 0.717) is 5.92 Å². The van der Waals surface area contributed by atoms with E-state index in [1.54, 1.807) is 19.1 Å². The second-order valence-electron chi connectivity index (χ2n) is 8.81. The first-order chi connectivity index (χ1) is 13.5. The molecule has 1 atom stereocenters. The summed E-state index contributed by atoms with van der Waals surface area (Å²) in [5.74, 6) is -1.92. The first kappa shape index (κ1) is 23.3. The van der Waals surface area contributed by atoms with Crippen molar-refractivity contribution in [3.05, 3.63) is 35.4 Å².